The summed E-state index contributed by atoms with van der Waals surface area (Å²) >= 11 is 0. The Balaban J connectivity index is 3.74. The molecule has 0 amide bonds. The van der Waals surface area contributed by atoms with Crippen LogP contribution in [0.2, 0.25) is 0 Å². The highest BCUT2D eigenvalue weighted by molar-refractivity contribution is 4.71. The maximum absolute atomic E-state index is 8.91. The highest BCUT2D eigenvalue weighted by Gasteiger charge is 2.12. The molecule has 80 valence electrons. The van der Waals surface area contributed by atoms with Gasteiger partial charge in [-0.1, -0.05) is 27.2 Å². The van der Waals surface area contributed by atoms with Gasteiger partial charge in [-0.2, -0.15) is 0 Å². The van der Waals surface area contributed by atoms with Gasteiger partial charge in [0.15, 0.2) is 0 Å². The van der Waals surface area contributed by atoms with Gasteiger partial charge in [0.05, 0.1) is 6.61 Å². The van der Waals surface area contributed by atoms with E-state index in [4.69, 9.17) is 5.11 Å². The van der Waals surface area contributed by atoms with E-state index in [0.29, 0.717) is 6.04 Å². The Bertz CT molecular complexity index is 105. The smallest absolute Gasteiger partial charge is 0.0582 e. The van der Waals surface area contributed by atoms with Crippen molar-refractivity contribution in [2.75, 3.05) is 6.61 Å². The van der Waals surface area contributed by atoms with E-state index in [1.807, 2.05) is 6.92 Å². The average molecular weight is 187 g/mol. The molecule has 0 saturated heterocycles. The normalized spacial score (nSPS) is 18.2. The van der Waals surface area contributed by atoms with E-state index in [1.54, 1.807) is 0 Å². The second kappa shape index (κ2) is 7.34. The van der Waals surface area contributed by atoms with Gasteiger partial charge in [-0.3, -0.25) is 0 Å². The predicted molar refractivity (Wildman–Crippen MR) is 57.8 cm³/mol. The molecule has 0 rings (SSSR count). The lowest BCUT2D eigenvalue weighted by molar-refractivity contribution is 0.231. The third-order valence-electron chi connectivity index (χ3n) is 2.67. The highest BCUT2D eigenvalue weighted by Crippen LogP contribution is 2.12. The molecule has 0 heterocycles. The Labute approximate surface area is 82.7 Å². The second-order valence-corrected chi connectivity index (χ2v) is 4.10. The first-order chi connectivity index (χ1) is 6.13. The minimum Gasteiger partial charge on any atom is -0.395 e. The van der Waals surface area contributed by atoms with Crippen LogP contribution in [0.3, 0.4) is 0 Å². The van der Waals surface area contributed by atoms with Crippen molar-refractivity contribution in [3.05, 3.63) is 0 Å². The zero-order chi connectivity index (χ0) is 10.3. The van der Waals surface area contributed by atoms with Gasteiger partial charge in [-0.25, -0.2) is 0 Å². The predicted octanol–water partition coefficient (Wildman–Crippen LogP) is 2.17. The number of hydrogen-bond acceptors (Lipinski definition) is 2. The molecule has 0 fully saturated rings. The first-order valence-corrected chi connectivity index (χ1v) is 5.50. The van der Waals surface area contributed by atoms with Gasteiger partial charge < -0.3 is 10.4 Å². The van der Waals surface area contributed by atoms with E-state index < -0.39 is 0 Å². The Hall–Kier alpha value is -0.0800. The van der Waals surface area contributed by atoms with Crippen LogP contribution in [-0.2, 0) is 0 Å². The van der Waals surface area contributed by atoms with Crippen molar-refractivity contribution in [2.24, 2.45) is 5.92 Å². The lowest BCUT2D eigenvalue weighted by atomic mass is 9.97. The van der Waals surface area contributed by atoms with Gasteiger partial charge in [0.2, 0.25) is 0 Å². The average Bonchev–Trinajstić information content (AvgIpc) is 2.16. The minimum absolute atomic E-state index is 0.231. The molecule has 2 nitrogen and oxygen atoms in total. The van der Waals surface area contributed by atoms with Crippen LogP contribution in [0, 0.1) is 5.92 Å². The molecule has 2 N–H and O–H groups in total. The quantitative estimate of drug-likeness (QED) is 0.640. The van der Waals surface area contributed by atoms with E-state index in [9.17, 15) is 0 Å². The van der Waals surface area contributed by atoms with Crippen molar-refractivity contribution in [3.8, 4) is 0 Å². The molecule has 0 radical (unpaired) electrons. The van der Waals surface area contributed by atoms with Gasteiger partial charge in [0.25, 0.3) is 0 Å². The van der Waals surface area contributed by atoms with Crippen LogP contribution >= 0.6 is 0 Å². The summed E-state index contributed by atoms with van der Waals surface area (Å²) in [7, 11) is 0. The van der Waals surface area contributed by atoms with Crippen LogP contribution in [0.25, 0.3) is 0 Å². The topological polar surface area (TPSA) is 32.3 Å². The standard InChI is InChI=1S/C11H25NO/c1-5-9(3)7-11(6-2)12-10(4)8-13/h9-13H,5-8H2,1-4H3/t9?,10-,11?/m0/s1. The molecule has 0 aliphatic heterocycles. The van der Waals surface area contributed by atoms with Gasteiger partial charge in [-0.05, 0) is 25.7 Å². The Morgan fingerprint density at radius 3 is 2.15 bits per heavy atom. The fourth-order valence-electron chi connectivity index (χ4n) is 1.46. The van der Waals surface area contributed by atoms with Crippen molar-refractivity contribution in [1.29, 1.82) is 0 Å². The number of hydrogen-bond donors (Lipinski definition) is 2. The lowest BCUT2D eigenvalue weighted by Gasteiger charge is -2.23. The van der Waals surface area contributed by atoms with E-state index in [1.165, 1.54) is 12.8 Å². The molecule has 13 heavy (non-hydrogen) atoms. The van der Waals surface area contributed by atoms with Crippen LogP contribution in [0.1, 0.15) is 47.0 Å². The zero-order valence-corrected chi connectivity index (χ0v) is 9.51. The molecule has 0 bridgehead atoms. The Kier molecular flexibility index (Phi) is 7.29. The van der Waals surface area contributed by atoms with Crippen molar-refractivity contribution in [3.63, 3.8) is 0 Å². The summed E-state index contributed by atoms with van der Waals surface area (Å²) in [6, 6.07) is 0.797. The molecule has 0 aliphatic rings. The highest BCUT2D eigenvalue weighted by atomic mass is 16.3. The van der Waals surface area contributed by atoms with Crippen molar-refractivity contribution in [2.45, 2.75) is 59.0 Å². The summed E-state index contributed by atoms with van der Waals surface area (Å²) in [5.41, 5.74) is 0. The minimum atomic E-state index is 0.231. The molecule has 2 unspecified atom stereocenters. The molecule has 0 aromatic carbocycles. The van der Waals surface area contributed by atoms with E-state index in [-0.39, 0.29) is 12.6 Å². The fraction of sp³-hybridized carbons (Fsp3) is 1.00. The maximum atomic E-state index is 8.91. The van der Waals surface area contributed by atoms with Crippen molar-refractivity contribution >= 4 is 0 Å². The lowest BCUT2D eigenvalue weighted by Crippen LogP contribution is -2.39. The molecule has 2 heteroatoms. The summed E-state index contributed by atoms with van der Waals surface area (Å²) < 4.78 is 0. The molecule has 0 aromatic heterocycles. The van der Waals surface area contributed by atoms with Crippen molar-refractivity contribution < 1.29 is 5.11 Å². The van der Waals surface area contributed by atoms with Gasteiger partial charge >= 0.3 is 0 Å². The number of nitrogens with one attached hydrogen (secondary N) is 1. The fourth-order valence-corrected chi connectivity index (χ4v) is 1.46. The first kappa shape index (κ1) is 12.9. The summed E-state index contributed by atoms with van der Waals surface area (Å²) in [5, 5.41) is 12.3. The number of rotatable bonds is 7. The van der Waals surface area contributed by atoms with E-state index >= 15 is 0 Å². The third kappa shape index (κ3) is 6.05. The summed E-state index contributed by atoms with van der Waals surface area (Å²) in [4.78, 5) is 0. The summed E-state index contributed by atoms with van der Waals surface area (Å²) in [5.74, 6) is 0.781. The first-order valence-electron chi connectivity index (χ1n) is 5.50. The van der Waals surface area contributed by atoms with Gasteiger partial charge in [0, 0.05) is 12.1 Å². The van der Waals surface area contributed by atoms with E-state index in [0.717, 1.165) is 12.3 Å². The van der Waals surface area contributed by atoms with E-state index in [2.05, 4.69) is 26.1 Å². The maximum Gasteiger partial charge on any atom is 0.0582 e. The van der Waals surface area contributed by atoms with Crippen molar-refractivity contribution in [1.82, 2.24) is 5.32 Å². The van der Waals surface area contributed by atoms with Gasteiger partial charge in [0.1, 0.15) is 0 Å². The SMILES string of the molecule is CCC(C)CC(CC)N[C@@H](C)CO. The second-order valence-electron chi connectivity index (χ2n) is 4.10. The number of aliphatic hydroxyl groups is 1. The van der Waals surface area contributed by atoms with Gasteiger partial charge in [-0.15, -0.1) is 0 Å². The molecular formula is C11H25NO. The largest absolute Gasteiger partial charge is 0.395 e. The third-order valence-corrected chi connectivity index (χ3v) is 2.67. The van der Waals surface area contributed by atoms with Crippen LogP contribution in [0.5, 0.6) is 0 Å². The monoisotopic (exact) mass is 187 g/mol. The molecular weight excluding hydrogens is 162 g/mol. The van der Waals surface area contributed by atoms with Crippen LogP contribution in [0.15, 0.2) is 0 Å². The summed E-state index contributed by atoms with van der Waals surface area (Å²) in [6.07, 6.45) is 3.61. The molecule has 3 atom stereocenters. The summed E-state index contributed by atoms with van der Waals surface area (Å²) in [6.45, 7) is 8.97. The Morgan fingerprint density at radius 2 is 1.77 bits per heavy atom. The molecule has 0 saturated carbocycles. The Morgan fingerprint density at radius 1 is 1.15 bits per heavy atom. The molecule has 0 spiro atoms. The van der Waals surface area contributed by atoms with Crippen LogP contribution in [-0.4, -0.2) is 23.8 Å². The number of aliphatic hydroxyl groups excluding tert-OH is 1. The van der Waals surface area contributed by atoms with Crippen LogP contribution < -0.4 is 5.32 Å². The molecule has 0 aliphatic carbocycles. The van der Waals surface area contributed by atoms with Crippen LogP contribution in [0.4, 0.5) is 0 Å². The zero-order valence-electron chi connectivity index (χ0n) is 9.51. The molecule has 0 aromatic rings.